The number of carbonyl (C=O) groups excluding carboxylic acids is 2. The number of amides is 1. The van der Waals surface area contributed by atoms with E-state index in [2.05, 4.69) is 0 Å². The van der Waals surface area contributed by atoms with Crippen LogP contribution in [0.5, 0.6) is 0 Å². The monoisotopic (exact) mass is 177 g/mol. The minimum atomic E-state index is -0.773. The highest BCUT2D eigenvalue weighted by molar-refractivity contribution is 8.01. The summed E-state index contributed by atoms with van der Waals surface area (Å²) in [6.45, 7) is 3.16. The molecule has 4 nitrogen and oxygen atoms in total. The van der Waals surface area contributed by atoms with Crippen molar-refractivity contribution in [3.8, 4) is 0 Å². The van der Waals surface area contributed by atoms with Crippen LogP contribution in [0.4, 0.5) is 0 Å². The van der Waals surface area contributed by atoms with Crippen LogP contribution in [0.2, 0.25) is 0 Å². The SMILES string of the molecule is CCSC(C(C)=O)C(=O)NO. The molecule has 0 aliphatic carbocycles. The van der Waals surface area contributed by atoms with Gasteiger partial charge in [0, 0.05) is 0 Å². The summed E-state index contributed by atoms with van der Waals surface area (Å²) >= 11 is 1.20. The lowest BCUT2D eigenvalue weighted by Crippen LogP contribution is -2.34. The highest BCUT2D eigenvalue weighted by atomic mass is 32.2. The molecule has 1 unspecified atom stereocenters. The van der Waals surface area contributed by atoms with Crippen molar-refractivity contribution in [3.63, 3.8) is 0 Å². The van der Waals surface area contributed by atoms with Gasteiger partial charge in [-0.3, -0.25) is 14.8 Å². The van der Waals surface area contributed by atoms with Crippen LogP contribution in [-0.2, 0) is 9.59 Å². The predicted octanol–water partition coefficient (Wildman–Crippen LogP) is 0.203. The van der Waals surface area contributed by atoms with Crippen molar-refractivity contribution in [3.05, 3.63) is 0 Å². The predicted molar refractivity (Wildman–Crippen MR) is 42.5 cm³/mol. The number of hydroxylamine groups is 1. The van der Waals surface area contributed by atoms with E-state index in [9.17, 15) is 9.59 Å². The number of thioether (sulfide) groups is 1. The standard InChI is InChI=1S/C6H11NO3S/c1-3-11-5(4(2)8)6(9)7-10/h5,10H,3H2,1-2H3,(H,7,9). The first-order valence-electron chi connectivity index (χ1n) is 3.19. The second-order valence-electron chi connectivity index (χ2n) is 1.92. The van der Waals surface area contributed by atoms with Crippen LogP contribution in [0, 0.1) is 0 Å². The Balaban J connectivity index is 4.09. The maximum atomic E-state index is 10.7. The maximum Gasteiger partial charge on any atom is 0.264 e. The highest BCUT2D eigenvalue weighted by Gasteiger charge is 2.21. The second-order valence-corrected chi connectivity index (χ2v) is 3.30. The molecule has 2 N–H and O–H groups in total. The Morgan fingerprint density at radius 2 is 2.18 bits per heavy atom. The Morgan fingerprint density at radius 1 is 1.64 bits per heavy atom. The second kappa shape index (κ2) is 5.15. The molecular weight excluding hydrogens is 166 g/mol. The molecule has 0 bridgehead atoms. The molecule has 0 aromatic carbocycles. The first-order valence-corrected chi connectivity index (χ1v) is 4.24. The lowest BCUT2D eigenvalue weighted by molar-refractivity contribution is -0.132. The molecule has 0 spiro atoms. The van der Waals surface area contributed by atoms with E-state index in [4.69, 9.17) is 5.21 Å². The zero-order valence-electron chi connectivity index (χ0n) is 6.46. The third kappa shape index (κ3) is 3.38. The molecule has 1 amide bonds. The van der Waals surface area contributed by atoms with Crippen LogP contribution in [0.25, 0.3) is 0 Å². The van der Waals surface area contributed by atoms with E-state index in [0.29, 0.717) is 5.75 Å². The van der Waals surface area contributed by atoms with Crippen LogP contribution in [0.1, 0.15) is 13.8 Å². The Morgan fingerprint density at radius 3 is 2.45 bits per heavy atom. The fourth-order valence-corrected chi connectivity index (χ4v) is 1.38. The molecule has 0 radical (unpaired) electrons. The van der Waals surface area contributed by atoms with Crippen molar-refractivity contribution in [2.75, 3.05) is 5.75 Å². The fourth-order valence-electron chi connectivity index (χ4n) is 0.603. The van der Waals surface area contributed by atoms with Gasteiger partial charge in [0.05, 0.1) is 0 Å². The van der Waals surface area contributed by atoms with Crippen molar-refractivity contribution in [1.29, 1.82) is 0 Å². The number of hydrogen-bond acceptors (Lipinski definition) is 4. The average molecular weight is 177 g/mol. The lowest BCUT2D eigenvalue weighted by atomic mass is 10.3. The topological polar surface area (TPSA) is 66.4 Å². The van der Waals surface area contributed by atoms with E-state index in [1.54, 1.807) is 0 Å². The molecule has 0 aliphatic heterocycles. The summed E-state index contributed by atoms with van der Waals surface area (Å²) in [7, 11) is 0. The van der Waals surface area contributed by atoms with Crippen molar-refractivity contribution in [2.45, 2.75) is 19.1 Å². The van der Waals surface area contributed by atoms with E-state index in [0.717, 1.165) is 0 Å². The minimum absolute atomic E-state index is 0.247. The fraction of sp³-hybridized carbons (Fsp3) is 0.667. The normalized spacial score (nSPS) is 12.3. The molecule has 0 aliphatic rings. The summed E-state index contributed by atoms with van der Waals surface area (Å²) in [5, 5.41) is 7.44. The third-order valence-corrected chi connectivity index (χ3v) is 2.26. The van der Waals surface area contributed by atoms with Gasteiger partial charge in [0.15, 0.2) is 5.78 Å². The molecule has 0 fully saturated rings. The largest absolute Gasteiger partial charge is 0.298 e. The summed E-state index contributed by atoms with van der Waals surface area (Å²) in [5.41, 5.74) is 1.45. The number of carbonyl (C=O) groups is 2. The smallest absolute Gasteiger partial charge is 0.264 e. The van der Waals surface area contributed by atoms with Gasteiger partial charge in [0.25, 0.3) is 5.91 Å². The summed E-state index contributed by atoms with van der Waals surface area (Å²) in [5.74, 6) is -0.231. The molecule has 5 heteroatoms. The van der Waals surface area contributed by atoms with Gasteiger partial charge in [-0.2, -0.15) is 0 Å². The Labute approximate surface area is 69.3 Å². The number of Topliss-reactive ketones (excluding diaryl/α,β-unsaturated/α-hetero) is 1. The van der Waals surface area contributed by atoms with E-state index in [1.807, 2.05) is 6.92 Å². The zero-order chi connectivity index (χ0) is 8.85. The first-order chi connectivity index (χ1) is 5.13. The summed E-state index contributed by atoms with van der Waals surface area (Å²) in [6, 6.07) is 0. The van der Waals surface area contributed by atoms with Crippen molar-refractivity contribution in [1.82, 2.24) is 5.48 Å². The summed E-state index contributed by atoms with van der Waals surface area (Å²) < 4.78 is 0. The quantitative estimate of drug-likeness (QED) is 0.366. The van der Waals surface area contributed by atoms with E-state index >= 15 is 0 Å². The molecular formula is C6H11NO3S. The van der Waals surface area contributed by atoms with Crippen LogP contribution < -0.4 is 5.48 Å². The maximum absolute atomic E-state index is 10.7. The van der Waals surface area contributed by atoms with Gasteiger partial charge in [-0.05, 0) is 12.7 Å². The van der Waals surface area contributed by atoms with E-state index < -0.39 is 11.2 Å². The molecule has 0 saturated heterocycles. The number of ketones is 1. The average Bonchev–Trinajstić information content (AvgIpc) is 1.98. The van der Waals surface area contributed by atoms with Crippen LogP contribution in [0.15, 0.2) is 0 Å². The number of nitrogens with one attached hydrogen (secondary N) is 1. The third-order valence-electron chi connectivity index (χ3n) is 1.05. The summed E-state index contributed by atoms with van der Waals surface area (Å²) in [6.07, 6.45) is 0. The van der Waals surface area contributed by atoms with Gasteiger partial charge in [-0.15, -0.1) is 11.8 Å². The van der Waals surface area contributed by atoms with Gasteiger partial charge in [-0.25, -0.2) is 5.48 Å². The van der Waals surface area contributed by atoms with Crippen LogP contribution >= 0.6 is 11.8 Å². The Kier molecular flexibility index (Phi) is 4.89. The molecule has 0 rings (SSSR count). The van der Waals surface area contributed by atoms with Crippen LogP contribution in [0.3, 0.4) is 0 Å². The molecule has 0 aromatic rings. The molecule has 0 heterocycles. The summed E-state index contributed by atoms with van der Waals surface area (Å²) in [4.78, 5) is 21.5. The van der Waals surface area contributed by atoms with Gasteiger partial charge >= 0.3 is 0 Å². The lowest BCUT2D eigenvalue weighted by Gasteiger charge is -2.08. The van der Waals surface area contributed by atoms with Crippen molar-refractivity contribution in [2.24, 2.45) is 0 Å². The van der Waals surface area contributed by atoms with Gasteiger partial charge in [0.1, 0.15) is 5.25 Å². The molecule has 11 heavy (non-hydrogen) atoms. The molecule has 0 aromatic heterocycles. The van der Waals surface area contributed by atoms with Crippen molar-refractivity contribution >= 4 is 23.5 Å². The molecule has 1 atom stereocenters. The minimum Gasteiger partial charge on any atom is -0.298 e. The Hall–Kier alpha value is -0.550. The number of hydrogen-bond donors (Lipinski definition) is 2. The zero-order valence-corrected chi connectivity index (χ0v) is 7.27. The van der Waals surface area contributed by atoms with Gasteiger partial charge in [0.2, 0.25) is 0 Å². The molecule has 64 valence electrons. The first kappa shape index (κ1) is 10.4. The van der Waals surface area contributed by atoms with Crippen LogP contribution in [-0.4, -0.2) is 27.9 Å². The van der Waals surface area contributed by atoms with Crippen molar-refractivity contribution < 1.29 is 14.8 Å². The Bertz CT molecular complexity index is 160. The van der Waals surface area contributed by atoms with Gasteiger partial charge in [-0.1, -0.05) is 6.92 Å². The van der Waals surface area contributed by atoms with E-state index in [1.165, 1.54) is 24.2 Å². The highest BCUT2D eigenvalue weighted by Crippen LogP contribution is 2.10. The molecule has 0 saturated carbocycles. The number of rotatable bonds is 4. The van der Waals surface area contributed by atoms with E-state index in [-0.39, 0.29) is 5.78 Å². The van der Waals surface area contributed by atoms with Gasteiger partial charge < -0.3 is 0 Å².